The molecule has 0 saturated carbocycles. The second-order valence-electron chi connectivity index (χ2n) is 2.41. The number of H-pyrrole nitrogens is 1. The maximum absolute atomic E-state index is 5.45. The molecule has 0 spiro atoms. The van der Waals surface area contributed by atoms with Gasteiger partial charge in [-0.25, -0.2) is 4.98 Å². The summed E-state index contributed by atoms with van der Waals surface area (Å²) in [6.45, 7) is 0.519. The molecule has 0 aliphatic rings. The normalized spacial score (nSPS) is 10.4. The van der Waals surface area contributed by atoms with Crippen LogP contribution in [0.5, 0.6) is 0 Å². The summed E-state index contributed by atoms with van der Waals surface area (Å²) in [6, 6.07) is 3.95. The summed E-state index contributed by atoms with van der Waals surface area (Å²) in [4.78, 5) is 7.43. The van der Waals surface area contributed by atoms with Gasteiger partial charge in [0, 0.05) is 18.1 Å². The van der Waals surface area contributed by atoms with Crippen molar-refractivity contribution in [3.05, 3.63) is 28.7 Å². The molecule has 2 heterocycles. The van der Waals surface area contributed by atoms with Crippen molar-refractivity contribution < 1.29 is 0 Å². The first-order valence-electron chi connectivity index (χ1n) is 3.68. The molecule has 3 nitrogen and oxygen atoms in total. The minimum absolute atomic E-state index is 0.519. The predicted molar refractivity (Wildman–Crippen MR) is 49.8 cm³/mol. The number of hydrogen-bond donors (Lipinski definition) is 2. The van der Waals surface area contributed by atoms with Gasteiger partial charge < -0.3 is 10.7 Å². The molecule has 0 aliphatic carbocycles. The second kappa shape index (κ2) is 3.08. The molecular formula is C8H9N3S. The van der Waals surface area contributed by atoms with Crippen LogP contribution in [0.4, 0.5) is 0 Å². The molecule has 4 heteroatoms. The summed E-state index contributed by atoms with van der Waals surface area (Å²) in [7, 11) is 0. The van der Waals surface area contributed by atoms with E-state index in [1.165, 1.54) is 0 Å². The standard InChI is InChI=1S/C8H9N3S/c9-4-8-11-7(5-12-8)6-2-1-3-10-6/h1-3,5,10H,4,9H2. The highest BCUT2D eigenvalue weighted by atomic mass is 32.1. The van der Waals surface area contributed by atoms with E-state index in [0.29, 0.717) is 6.54 Å². The van der Waals surface area contributed by atoms with Gasteiger partial charge in [0.2, 0.25) is 0 Å². The number of aromatic amines is 1. The van der Waals surface area contributed by atoms with Crippen LogP contribution >= 0.6 is 11.3 Å². The van der Waals surface area contributed by atoms with Crippen molar-refractivity contribution >= 4 is 11.3 Å². The number of nitrogens with zero attached hydrogens (tertiary/aromatic N) is 1. The number of hydrogen-bond acceptors (Lipinski definition) is 3. The van der Waals surface area contributed by atoms with Gasteiger partial charge in [-0.1, -0.05) is 0 Å². The van der Waals surface area contributed by atoms with Crippen LogP contribution < -0.4 is 5.73 Å². The average Bonchev–Trinajstić information content (AvgIpc) is 2.75. The van der Waals surface area contributed by atoms with Crippen LogP contribution in [-0.2, 0) is 6.54 Å². The minimum Gasteiger partial charge on any atom is -0.360 e. The Morgan fingerprint density at radius 2 is 2.50 bits per heavy atom. The zero-order valence-electron chi connectivity index (χ0n) is 6.45. The van der Waals surface area contributed by atoms with Crippen molar-refractivity contribution in [1.82, 2.24) is 9.97 Å². The molecule has 2 aromatic rings. The lowest BCUT2D eigenvalue weighted by molar-refractivity contribution is 1.04. The van der Waals surface area contributed by atoms with Gasteiger partial charge in [-0.2, -0.15) is 0 Å². The van der Waals surface area contributed by atoms with Crippen molar-refractivity contribution in [1.29, 1.82) is 0 Å². The summed E-state index contributed by atoms with van der Waals surface area (Å²) >= 11 is 1.59. The maximum Gasteiger partial charge on any atom is 0.107 e. The quantitative estimate of drug-likeness (QED) is 0.735. The van der Waals surface area contributed by atoms with Crippen LogP contribution in [0, 0.1) is 0 Å². The predicted octanol–water partition coefficient (Wildman–Crippen LogP) is 1.60. The molecule has 0 bridgehead atoms. The topological polar surface area (TPSA) is 54.7 Å². The Hall–Kier alpha value is -1.13. The molecule has 0 fully saturated rings. The highest BCUT2D eigenvalue weighted by Crippen LogP contribution is 2.19. The van der Waals surface area contributed by atoms with Crippen LogP contribution in [0.1, 0.15) is 5.01 Å². The van der Waals surface area contributed by atoms with Crippen molar-refractivity contribution in [2.24, 2.45) is 5.73 Å². The fourth-order valence-electron chi connectivity index (χ4n) is 1.02. The molecule has 0 aliphatic heterocycles. The first kappa shape index (κ1) is 7.52. The van der Waals surface area contributed by atoms with Crippen molar-refractivity contribution in [3.8, 4) is 11.4 Å². The Morgan fingerprint density at radius 1 is 1.58 bits per heavy atom. The Morgan fingerprint density at radius 3 is 3.08 bits per heavy atom. The molecule has 0 aromatic carbocycles. The SMILES string of the molecule is NCc1nc(-c2ccc[nH]2)cs1. The highest BCUT2D eigenvalue weighted by Gasteiger charge is 2.02. The van der Waals surface area contributed by atoms with E-state index in [1.54, 1.807) is 11.3 Å². The van der Waals surface area contributed by atoms with E-state index in [9.17, 15) is 0 Å². The average molecular weight is 179 g/mol. The van der Waals surface area contributed by atoms with E-state index < -0.39 is 0 Å². The van der Waals surface area contributed by atoms with Crippen LogP contribution in [0.15, 0.2) is 23.7 Å². The fourth-order valence-corrected chi connectivity index (χ4v) is 1.69. The summed E-state index contributed by atoms with van der Waals surface area (Å²) in [5, 5.41) is 2.98. The second-order valence-corrected chi connectivity index (χ2v) is 3.36. The molecule has 2 rings (SSSR count). The van der Waals surface area contributed by atoms with Gasteiger partial charge in [0.1, 0.15) is 5.01 Å². The number of rotatable bonds is 2. The minimum atomic E-state index is 0.519. The van der Waals surface area contributed by atoms with E-state index >= 15 is 0 Å². The van der Waals surface area contributed by atoms with Gasteiger partial charge in [-0.05, 0) is 12.1 Å². The molecule has 2 aromatic heterocycles. The highest BCUT2D eigenvalue weighted by molar-refractivity contribution is 7.09. The number of nitrogens with two attached hydrogens (primary N) is 1. The molecule has 3 N–H and O–H groups in total. The lowest BCUT2D eigenvalue weighted by Gasteiger charge is -1.88. The Balaban J connectivity index is 2.35. The Labute approximate surface area is 74.3 Å². The molecule has 0 unspecified atom stereocenters. The third kappa shape index (κ3) is 1.26. The third-order valence-corrected chi connectivity index (χ3v) is 2.47. The van der Waals surface area contributed by atoms with E-state index in [2.05, 4.69) is 9.97 Å². The van der Waals surface area contributed by atoms with Crippen molar-refractivity contribution in [3.63, 3.8) is 0 Å². The van der Waals surface area contributed by atoms with E-state index in [0.717, 1.165) is 16.4 Å². The van der Waals surface area contributed by atoms with Crippen LogP contribution in [0.25, 0.3) is 11.4 Å². The van der Waals surface area contributed by atoms with E-state index in [-0.39, 0.29) is 0 Å². The molecule has 0 radical (unpaired) electrons. The molecule has 0 saturated heterocycles. The lowest BCUT2D eigenvalue weighted by Crippen LogP contribution is -1.94. The molecule has 12 heavy (non-hydrogen) atoms. The Kier molecular flexibility index (Phi) is 1.93. The first-order valence-corrected chi connectivity index (χ1v) is 4.56. The summed E-state index contributed by atoms with van der Waals surface area (Å²) < 4.78 is 0. The monoisotopic (exact) mass is 179 g/mol. The summed E-state index contributed by atoms with van der Waals surface area (Å²) in [5.41, 5.74) is 7.48. The largest absolute Gasteiger partial charge is 0.360 e. The van der Waals surface area contributed by atoms with E-state index in [4.69, 9.17) is 5.73 Å². The van der Waals surface area contributed by atoms with Crippen molar-refractivity contribution in [2.75, 3.05) is 0 Å². The van der Waals surface area contributed by atoms with Gasteiger partial charge in [-0.15, -0.1) is 11.3 Å². The van der Waals surface area contributed by atoms with E-state index in [1.807, 2.05) is 23.7 Å². The molecule has 0 amide bonds. The zero-order valence-corrected chi connectivity index (χ0v) is 7.27. The number of thiazole rings is 1. The summed E-state index contributed by atoms with van der Waals surface area (Å²) in [5.74, 6) is 0. The van der Waals surface area contributed by atoms with Gasteiger partial charge in [0.05, 0.1) is 11.4 Å². The summed E-state index contributed by atoms with van der Waals surface area (Å²) in [6.07, 6.45) is 1.89. The molecule has 0 atom stereocenters. The van der Waals surface area contributed by atoms with Gasteiger partial charge in [0.15, 0.2) is 0 Å². The number of aromatic nitrogens is 2. The molecular weight excluding hydrogens is 170 g/mol. The van der Waals surface area contributed by atoms with Gasteiger partial charge in [0.25, 0.3) is 0 Å². The number of nitrogens with one attached hydrogen (secondary N) is 1. The van der Waals surface area contributed by atoms with Crippen LogP contribution in [0.2, 0.25) is 0 Å². The van der Waals surface area contributed by atoms with Crippen molar-refractivity contribution in [2.45, 2.75) is 6.54 Å². The smallest absolute Gasteiger partial charge is 0.107 e. The Bertz CT molecular complexity index is 350. The third-order valence-electron chi connectivity index (χ3n) is 1.60. The van der Waals surface area contributed by atoms with Gasteiger partial charge in [-0.3, -0.25) is 0 Å². The molecule has 62 valence electrons. The maximum atomic E-state index is 5.45. The van der Waals surface area contributed by atoms with Crippen LogP contribution in [-0.4, -0.2) is 9.97 Å². The van der Waals surface area contributed by atoms with Crippen LogP contribution in [0.3, 0.4) is 0 Å². The fraction of sp³-hybridized carbons (Fsp3) is 0.125. The first-order chi connectivity index (χ1) is 5.90. The lowest BCUT2D eigenvalue weighted by atomic mass is 10.3. The zero-order chi connectivity index (χ0) is 8.39. The van der Waals surface area contributed by atoms with Gasteiger partial charge >= 0.3 is 0 Å².